The van der Waals surface area contributed by atoms with Crippen LogP contribution in [0.2, 0.25) is 0 Å². The van der Waals surface area contributed by atoms with Crippen LogP contribution in [0.15, 0.2) is 18.2 Å². The molecule has 1 saturated heterocycles. The van der Waals surface area contributed by atoms with E-state index in [-0.39, 0.29) is 17.0 Å². The molecule has 2 aliphatic rings. The van der Waals surface area contributed by atoms with E-state index in [0.29, 0.717) is 18.7 Å². The van der Waals surface area contributed by atoms with Crippen LogP contribution in [0.3, 0.4) is 0 Å². The molecular weight excluding hydrogens is 297 g/mol. The van der Waals surface area contributed by atoms with Gasteiger partial charge in [0.05, 0.1) is 13.2 Å². The number of rotatable bonds is 6. The van der Waals surface area contributed by atoms with E-state index in [9.17, 15) is 4.39 Å². The smallest absolute Gasteiger partial charge is 0.165 e. The van der Waals surface area contributed by atoms with Crippen molar-refractivity contribution in [2.75, 3.05) is 26.9 Å². The molecule has 1 aliphatic heterocycles. The zero-order valence-corrected chi connectivity index (χ0v) is 13.9. The minimum Gasteiger partial charge on any atom is -0.494 e. The zero-order valence-electron chi connectivity index (χ0n) is 13.9. The molecule has 23 heavy (non-hydrogen) atoms. The van der Waals surface area contributed by atoms with Crippen molar-refractivity contribution in [2.45, 2.75) is 44.9 Å². The largest absolute Gasteiger partial charge is 0.494 e. The molecule has 1 spiro atoms. The standard InChI is InChI=1S/C18H26FNO3/c1-3-23-17-11-16(18(17)6-8-22-9-7-18)20-12-13-4-5-15(21-2)14(19)10-13/h4-5,10,16-17,20H,3,6-9,11-12H2,1-2H3. The summed E-state index contributed by atoms with van der Waals surface area (Å²) in [6.45, 7) is 5.07. The molecule has 128 valence electrons. The van der Waals surface area contributed by atoms with Crippen LogP contribution >= 0.6 is 0 Å². The Morgan fingerprint density at radius 3 is 2.78 bits per heavy atom. The summed E-state index contributed by atoms with van der Waals surface area (Å²) in [5.74, 6) is -0.0249. The van der Waals surface area contributed by atoms with Crippen molar-refractivity contribution in [3.63, 3.8) is 0 Å². The molecule has 1 saturated carbocycles. The fourth-order valence-corrected chi connectivity index (χ4v) is 3.95. The molecule has 1 heterocycles. The average molecular weight is 323 g/mol. The third-order valence-corrected chi connectivity index (χ3v) is 5.35. The Kier molecular flexibility index (Phi) is 5.19. The van der Waals surface area contributed by atoms with Gasteiger partial charge in [0, 0.05) is 37.8 Å². The van der Waals surface area contributed by atoms with Crippen molar-refractivity contribution < 1.29 is 18.6 Å². The van der Waals surface area contributed by atoms with Gasteiger partial charge in [0.1, 0.15) is 0 Å². The first-order valence-corrected chi connectivity index (χ1v) is 8.44. The second-order valence-corrected chi connectivity index (χ2v) is 6.43. The number of methoxy groups -OCH3 is 1. The van der Waals surface area contributed by atoms with E-state index < -0.39 is 0 Å². The average Bonchev–Trinajstić information content (AvgIpc) is 2.58. The van der Waals surface area contributed by atoms with Crippen LogP contribution in [-0.4, -0.2) is 39.1 Å². The van der Waals surface area contributed by atoms with Crippen LogP contribution in [-0.2, 0) is 16.0 Å². The lowest BCUT2D eigenvalue weighted by Gasteiger charge is -2.57. The second kappa shape index (κ2) is 7.16. The van der Waals surface area contributed by atoms with Crippen LogP contribution in [0.4, 0.5) is 4.39 Å². The molecule has 4 nitrogen and oxygen atoms in total. The monoisotopic (exact) mass is 323 g/mol. The summed E-state index contributed by atoms with van der Waals surface area (Å²) < 4.78 is 30.2. The number of nitrogens with one attached hydrogen (secondary N) is 1. The summed E-state index contributed by atoms with van der Waals surface area (Å²) in [7, 11) is 1.48. The van der Waals surface area contributed by atoms with E-state index in [0.717, 1.165) is 44.6 Å². The van der Waals surface area contributed by atoms with E-state index in [1.54, 1.807) is 12.1 Å². The van der Waals surface area contributed by atoms with Gasteiger partial charge in [0.2, 0.25) is 0 Å². The summed E-state index contributed by atoms with van der Waals surface area (Å²) in [5.41, 5.74) is 1.12. The van der Waals surface area contributed by atoms with E-state index in [1.807, 2.05) is 13.0 Å². The van der Waals surface area contributed by atoms with Crippen molar-refractivity contribution in [1.29, 1.82) is 0 Å². The molecule has 0 amide bonds. The maximum Gasteiger partial charge on any atom is 0.165 e. The maximum atomic E-state index is 13.8. The molecule has 1 aromatic carbocycles. The van der Waals surface area contributed by atoms with Gasteiger partial charge in [-0.25, -0.2) is 4.39 Å². The number of ether oxygens (including phenoxy) is 3. The lowest BCUT2D eigenvalue weighted by atomic mass is 9.57. The minimum atomic E-state index is -0.312. The summed E-state index contributed by atoms with van der Waals surface area (Å²) in [4.78, 5) is 0. The minimum absolute atomic E-state index is 0.180. The molecule has 1 aliphatic carbocycles. The number of hydrogen-bond donors (Lipinski definition) is 1. The van der Waals surface area contributed by atoms with E-state index in [4.69, 9.17) is 14.2 Å². The van der Waals surface area contributed by atoms with Gasteiger partial charge >= 0.3 is 0 Å². The molecule has 2 unspecified atom stereocenters. The fourth-order valence-electron chi connectivity index (χ4n) is 3.95. The highest BCUT2D eigenvalue weighted by atomic mass is 19.1. The first-order valence-electron chi connectivity index (χ1n) is 8.44. The molecule has 1 aromatic rings. The van der Waals surface area contributed by atoms with Crippen LogP contribution in [0.25, 0.3) is 0 Å². The third-order valence-electron chi connectivity index (χ3n) is 5.35. The molecular formula is C18H26FNO3. The molecule has 0 aromatic heterocycles. The van der Waals surface area contributed by atoms with Crippen molar-refractivity contribution in [1.82, 2.24) is 5.32 Å². The molecule has 1 N–H and O–H groups in total. The van der Waals surface area contributed by atoms with Gasteiger partial charge in [-0.2, -0.15) is 0 Å². The fraction of sp³-hybridized carbons (Fsp3) is 0.667. The Morgan fingerprint density at radius 1 is 1.35 bits per heavy atom. The molecule has 2 fully saturated rings. The maximum absolute atomic E-state index is 13.8. The van der Waals surface area contributed by atoms with Crippen LogP contribution in [0.1, 0.15) is 31.7 Å². The van der Waals surface area contributed by atoms with Gasteiger partial charge in [0.15, 0.2) is 11.6 Å². The lowest BCUT2D eigenvalue weighted by Crippen LogP contribution is -2.65. The van der Waals surface area contributed by atoms with Crippen molar-refractivity contribution in [3.8, 4) is 5.75 Å². The predicted molar refractivity (Wildman–Crippen MR) is 86.1 cm³/mol. The molecule has 5 heteroatoms. The van der Waals surface area contributed by atoms with Crippen molar-refractivity contribution >= 4 is 0 Å². The highest BCUT2D eigenvalue weighted by Gasteiger charge is 2.55. The summed E-state index contributed by atoms with van der Waals surface area (Å²) in [6, 6.07) is 5.54. The topological polar surface area (TPSA) is 39.7 Å². The number of benzene rings is 1. The van der Waals surface area contributed by atoms with Gasteiger partial charge in [-0.1, -0.05) is 6.07 Å². The van der Waals surface area contributed by atoms with Gasteiger partial charge in [-0.3, -0.25) is 0 Å². The lowest BCUT2D eigenvalue weighted by molar-refractivity contribution is -0.173. The summed E-state index contributed by atoms with van der Waals surface area (Å²) >= 11 is 0. The highest BCUT2D eigenvalue weighted by molar-refractivity contribution is 5.29. The van der Waals surface area contributed by atoms with Crippen LogP contribution < -0.4 is 10.1 Å². The Bertz CT molecular complexity index is 531. The van der Waals surface area contributed by atoms with Crippen molar-refractivity contribution in [2.24, 2.45) is 5.41 Å². The summed E-state index contributed by atoms with van der Waals surface area (Å²) in [6.07, 6.45) is 3.41. The summed E-state index contributed by atoms with van der Waals surface area (Å²) in [5, 5.41) is 3.61. The van der Waals surface area contributed by atoms with Crippen LogP contribution in [0.5, 0.6) is 5.75 Å². The molecule has 2 atom stereocenters. The molecule has 3 rings (SSSR count). The third kappa shape index (κ3) is 3.23. The van der Waals surface area contributed by atoms with Gasteiger partial charge < -0.3 is 19.5 Å². The number of hydrogen-bond acceptors (Lipinski definition) is 4. The first-order chi connectivity index (χ1) is 11.2. The van der Waals surface area contributed by atoms with Crippen molar-refractivity contribution in [3.05, 3.63) is 29.6 Å². The van der Waals surface area contributed by atoms with Gasteiger partial charge in [-0.15, -0.1) is 0 Å². The highest BCUT2D eigenvalue weighted by Crippen LogP contribution is 2.50. The van der Waals surface area contributed by atoms with E-state index in [1.165, 1.54) is 7.11 Å². The zero-order chi connectivity index (χ0) is 16.3. The van der Waals surface area contributed by atoms with Crippen LogP contribution in [0, 0.1) is 11.2 Å². The Balaban J connectivity index is 1.62. The molecule has 0 bridgehead atoms. The van der Waals surface area contributed by atoms with E-state index in [2.05, 4.69) is 5.32 Å². The van der Waals surface area contributed by atoms with Gasteiger partial charge in [0.25, 0.3) is 0 Å². The second-order valence-electron chi connectivity index (χ2n) is 6.43. The Labute approximate surface area is 137 Å². The molecule has 0 radical (unpaired) electrons. The van der Waals surface area contributed by atoms with Gasteiger partial charge in [-0.05, 0) is 43.9 Å². The predicted octanol–water partition coefficient (Wildman–Crippen LogP) is 2.90. The SMILES string of the molecule is CCOC1CC(NCc2ccc(OC)c(F)c2)C12CCOCC2. The quantitative estimate of drug-likeness (QED) is 0.874. The van der Waals surface area contributed by atoms with E-state index >= 15 is 0 Å². The Hall–Kier alpha value is -1.17. The number of halogens is 1. The first kappa shape index (κ1) is 16.7. The Morgan fingerprint density at radius 2 is 2.13 bits per heavy atom. The normalized spacial score (nSPS) is 26.0.